The zero-order valence-electron chi connectivity index (χ0n) is 17.5. The second-order valence-corrected chi connectivity index (χ2v) is 10.1. The van der Waals surface area contributed by atoms with Gasteiger partial charge < -0.3 is 5.32 Å². The second-order valence-electron chi connectivity index (χ2n) is 7.84. The van der Waals surface area contributed by atoms with Crippen molar-refractivity contribution in [2.45, 2.75) is 43.7 Å². The SMILES string of the molecule is CC1CCCCN1S(=O)(=O)c1ccc2c(cnc(=O)n2CC(=O)Nc2ccccc2Cl)c1. The van der Waals surface area contributed by atoms with Crippen LogP contribution in [0.15, 0.2) is 58.4 Å². The number of carbonyl (C=O) groups excluding carboxylic acids is 1. The van der Waals surface area contributed by atoms with Crippen LogP contribution in [0.25, 0.3) is 10.9 Å². The lowest BCUT2D eigenvalue weighted by atomic mass is 10.1. The summed E-state index contributed by atoms with van der Waals surface area (Å²) in [5, 5.41) is 3.51. The van der Waals surface area contributed by atoms with E-state index in [-0.39, 0.29) is 17.5 Å². The van der Waals surface area contributed by atoms with Crippen molar-refractivity contribution in [2.24, 2.45) is 0 Å². The zero-order valence-corrected chi connectivity index (χ0v) is 19.1. The predicted octanol–water partition coefficient (Wildman–Crippen LogP) is 3.25. The van der Waals surface area contributed by atoms with Gasteiger partial charge in [0.05, 0.1) is 21.1 Å². The van der Waals surface area contributed by atoms with E-state index < -0.39 is 21.6 Å². The molecular weight excluding hydrogens is 452 g/mol. The highest BCUT2D eigenvalue weighted by Gasteiger charge is 2.31. The molecule has 0 aliphatic carbocycles. The first-order valence-corrected chi connectivity index (χ1v) is 12.1. The van der Waals surface area contributed by atoms with Gasteiger partial charge in [-0.2, -0.15) is 4.31 Å². The largest absolute Gasteiger partial charge is 0.348 e. The van der Waals surface area contributed by atoms with Crippen LogP contribution in [-0.2, 0) is 21.4 Å². The van der Waals surface area contributed by atoms with Gasteiger partial charge in [-0.25, -0.2) is 18.2 Å². The summed E-state index contributed by atoms with van der Waals surface area (Å²) in [6, 6.07) is 11.2. The summed E-state index contributed by atoms with van der Waals surface area (Å²) >= 11 is 6.08. The molecule has 32 heavy (non-hydrogen) atoms. The van der Waals surface area contributed by atoms with Gasteiger partial charge in [0.1, 0.15) is 6.54 Å². The number of anilines is 1. The lowest BCUT2D eigenvalue weighted by Crippen LogP contribution is -2.41. The normalized spacial score (nSPS) is 17.4. The summed E-state index contributed by atoms with van der Waals surface area (Å²) in [6.07, 6.45) is 4.00. The number of hydrogen-bond acceptors (Lipinski definition) is 5. The molecule has 4 rings (SSSR count). The molecule has 1 saturated heterocycles. The number of carbonyl (C=O) groups is 1. The maximum Gasteiger partial charge on any atom is 0.348 e. The molecule has 1 aliphatic rings. The molecule has 0 radical (unpaired) electrons. The molecule has 0 bridgehead atoms. The van der Waals surface area contributed by atoms with E-state index in [1.54, 1.807) is 30.3 Å². The number of nitrogens with zero attached hydrogens (tertiary/aromatic N) is 3. The second kappa shape index (κ2) is 9.01. The van der Waals surface area contributed by atoms with E-state index in [1.807, 2.05) is 6.92 Å². The van der Waals surface area contributed by atoms with Gasteiger partial charge in [0, 0.05) is 24.2 Å². The van der Waals surface area contributed by atoms with Crippen molar-refractivity contribution < 1.29 is 13.2 Å². The van der Waals surface area contributed by atoms with E-state index in [0.717, 1.165) is 19.3 Å². The van der Waals surface area contributed by atoms with Crippen LogP contribution in [0.5, 0.6) is 0 Å². The molecule has 1 fully saturated rings. The van der Waals surface area contributed by atoms with Gasteiger partial charge in [0.15, 0.2) is 0 Å². The van der Waals surface area contributed by atoms with E-state index in [4.69, 9.17) is 11.6 Å². The highest BCUT2D eigenvalue weighted by Crippen LogP contribution is 2.27. The van der Waals surface area contributed by atoms with Gasteiger partial charge in [-0.05, 0) is 50.1 Å². The summed E-state index contributed by atoms with van der Waals surface area (Å²) in [5.41, 5.74) is 0.251. The summed E-state index contributed by atoms with van der Waals surface area (Å²) in [7, 11) is -3.67. The van der Waals surface area contributed by atoms with Crippen LogP contribution in [0, 0.1) is 0 Å². The first-order valence-electron chi connectivity index (χ1n) is 10.3. The van der Waals surface area contributed by atoms with E-state index >= 15 is 0 Å². The third-order valence-corrected chi connectivity index (χ3v) is 7.97. The van der Waals surface area contributed by atoms with Crippen molar-refractivity contribution in [2.75, 3.05) is 11.9 Å². The first kappa shape index (κ1) is 22.4. The van der Waals surface area contributed by atoms with Crippen LogP contribution in [0.3, 0.4) is 0 Å². The zero-order chi connectivity index (χ0) is 22.9. The Balaban J connectivity index is 1.65. The van der Waals surface area contributed by atoms with Gasteiger partial charge in [0.2, 0.25) is 15.9 Å². The van der Waals surface area contributed by atoms with Gasteiger partial charge in [0.25, 0.3) is 0 Å². The maximum atomic E-state index is 13.2. The molecule has 1 N–H and O–H groups in total. The average Bonchev–Trinajstić information content (AvgIpc) is 2.77. The van der Waals surface area contributed by atoms with Crippen LogP contribution in [0.1, 0.15) is 26.2 Å². The highest BCUT2D eigenvalue weighted by atomic mass is 35.5. The monoisotopic (exact) mass is 474 g/mol. The molecular formula is C22H23ClN4O4S. The van der Waals surface area contributed by atoms with Gasteiger partial charge in [-0.1, -0.05) is 30.2 Å². The van der Waals surface area contributed by atoms with Crippen molar-refractivity contribution in [3.63, 3.8) is 0 Å². The topological polar surface area (TPSA) is 101 Å². The molecule has 3 aromatic rings. The predicted molar refractivity (Wildman–Crippen MR) is 123 cm³/mol. The third kappa shape index (κ3) is 4.41. The smallest absolute Gasteiger partial charge is 0.323 e. The number of benzene rings is 2. The number of piperidine rings is 1. The number of hydrogen-bond donors (Lipinski definition) is 1. The number of halogens is 1. The van der Waals surface area contributed by atoms with Crippen molar-refractivity contribution in [3.8, 4) is 0 Å². The number of fused-ring (bicyclic) bond motifs is 1. The molecule has 0 saturated carbocycles. The number of rotatable bonds is 5. The Morgan fingerprint density at radius 2 is 2.00 bits per heavy atom. The lowest BCUT2D eigenvalue weighted by molar-refractivity contribution is -0.116. The number of para-hydroxylation sites is 1. The standard InChI is InChI=1S/C22H23ClN4O4S/c1-15-6-4-5-11-27(15)32(30,31)17-9-10-20-16(12-17)13-24-22(29)26(20)14-21(28)25-19-8-3-2-7-18(19)23/h2-3,7-10,12-13,15H,4-6,11,14H2,1H3,(H,25,28). The molecule has 1 amide bonds. The van der Waals surface area contributed by atoms with Gasteiger partial charge >= 0.3 is 5.69 Å². The molecule has 2 heterocycles. The minimum absolute atomic E-state index is 0.0648. The molecule has 2 aromatic carbocycles. The average molecular weight is 475 g/mol. The summed E-state index contributed by atoms with van der Waals surface area (Å²) in [6.45, 7) is 2.11. The molecule has 0 spiro atoms. The maximum absolute atomic E-state index is 13.2. The first-order chi connectivity index (χ1) is 15.3. The number of aromatic nitrogens is 2. The van der Waals surface area contributed by atoms with Crippen LogP contribution >= 0.6 is 11.6 Å². The molecule has 8 nitrogen and oxygen atoms in total. The van der Waals surface area contributed by atoms with Crippen LogP contribution in [-0.4, -0.2) is 40.8 Å². The number of amides is 1. The van der Waals surface area contributed by atoms with Crippen molar-refractivity contribution in [1.82, 2.24) is 13.9 Å². The van der Waals surface area contributed by atoms with Gasteiger partial charge in [-0.15, -0.1) is 0 Å². The Hall–Kier alpha value is -2.75. The van der Waals surface area contributed by atoms with E-state index in [9.17, 15) is 18.0 Å². The highest BCUT2D eigenvalue weighted by molar-refractivity contribution is 7.89. The van der Waals surface area contributed by atoms with Crippen LogP contribution < -0.4 is 11.0 Å². The summed E-state index contributed by atoms with van der Waals surface area (Å²) in [5.74, 6) is -0.451. The van der Waals surface area contributed by atoms with Gasteiger partial charge in [-0.3, -0.25) is 9.36 Å². The van der Waals surface area contributed by atoms with Crippen LogP contribution in [0.4, 0.5) is 5.69 Å². The van der Waals surface area contributed by atoms with E-state index in [0.29, 0.717) is 28.2 Å². The molecule has 10 heteroatoms. The quantitative estimate of drug-likeness (QED) is 0.611. The van der Waals surface area contributed by atoms with Crippen molar-refractivity contribution in [3.05, 3.63) is 64.2 Å². The number of sulfonamides is 1. The van der Waals surface area contributed by atoms with Crippen LogP contribution in [0.2, 0.25) is 5.02 Å². The summed E-state index contributed by atoms with van der Waals surface area (Å²) < 4.78 is 29.1. The Morgan fingerprint density at radius 1 is 1.22 bits per heavy atom. The minimum atomic E-state index is -3.67. The van der Waals surface area contributed by atoms with Crippen molar-refractivity contribution in [1.29, 1.82) is 0 Å². The van der Waals surface area contributed by atoms with E-state index in [2.05, 4.69) is 10.3 Å². The molecule has 168 valence electrons. The van der Waals surface area contributed by atoms with E-state index in [1.165, 1.54) is 27.2 Å². The Bertz CT molecular complexity index is 1340. The minimum Gasteiger partial charge on any atom is -0.323 e. The summed E-state index contributed by atoms with van der Waals surface area (Å²) in [4.78, 5) is 28.9. The lowest BCUT2D eigenvalue weighted by Gasteiger charge is -2.32. The molecule has 1 atom stereocenters. The van der Waals surface area contributed by atoms with Crippen molar-refractivity contribution >= 4 is 44.1 Å². The fourth-order valence-corrected chi connectivity index (χ4v) is 5.87. The Kier molecular flexibility index (Phi) is 6.32. The third-order valence-electron chi connectivity index (χ3n) is 5.63. The molecule has 1 unspecified atom stereocenters. The fourth-order valence-electron chi connectivity index (χ4n) is 3.95. The molecule has 1 aromatic heterocycles. The Labute approximate surface area is 190 Å². The molecule has 1 aliphatic heterocycles. The Morgan fingerprint density at radius 3 is 2.75 bits per heavy atom. The fraction of sp³-hybridized carbons (Fsp3) is 0.318. The number of nitrogens with one attached hydrogen (secondary N) is 1.